The van der Waals surface area contributed by atoms with Crippen molar-refractivity contribution in [3.05, 3.63) is 158 Å². The zero-order valence-electron chi connectivity index (χ0n) is 49.3. The number of hydrogen-bond donors (Lipinski definition) is 8. The highest BCUT2D eigenvalue weighted by atomic mass is 32.2. The molecule has 5 aromatic heterocycles. The van der Waals surface area contributed by atoms with E-state index in [4.69, 9.17) is 0 Å². The molecular formula is C59H70N18O8S3. The average Bonchev–Trinajstić information content (AvgIpc) is 3.62. The highest BCUT2D eigenvalue weighted by molar-refractivity contribution is 7.92. The molecule has 0 bridgehead atoms. The van der Waals surface area contributed by atoms with Gasteiger partial charge in [-0.25, -0.2) is 16.8 Å². The van der Waals surface area contributed by atoms with Gasteiger partial charge in [0.25, 0.3) is 5.91 Å². The number of piperazine rings is 2. The monoisotopic (exact) mass is 1250 g/mol. The Morgan fingerprint density at radius 1 is 0.500 bits per heavy atom. The first-order valence-electron chi connectivity index (χ1n) is 28.0. The van der Waals surface area contributed by atoms with Crippen LogP contribution < -0.4 is 24.6 Å². The summed E-state index contributed by atoms with van der Waals surface area (Å²) in [4.78, 5) is 29.8. The third kappa shape index (κ3) is 16.0. The Morgan fingerprint density at radius 3 is 1.31 bits per heavy atom. The predicted molar refractivity (Wildman–Crippen MR) is 346 cm³/mol. The molecule has 2 saturated heterocycles. The van der Waals surface area contributed by atoms with Gasteiger partial charge in [-0.05, 0) is 78.7 Å². The van der Waals surface area contributed by atoms with E-state index in [9.17, 15) is 34.8 Å². The first-order valence-corrected chi connectivity index (χ1v) is 33.0. The number of amides is 2. The molecule has 6 aromatic carbocycles. The molecule has 2 aliphatic rings. The molecule has 7 heterocycles. The fourth-order valence-corrected chi connectivity index (χ4v) is 12.8. The van der Waals surface area contributed by atoms with Gasteiger partial charge in [-0.1, -0.05) is 62.4 Å². The lowest BCUT2D eigenvalue weighted by Gasteiger charge is -2.35. The maximum Gasteiger partial charge on any atom is 0.301 e. The third-order valence-electron chi connectivity index (χ3n) is 14.3. The normalized spacial score (nSPS) is 13.9. The van der Waals surface area contributed by atoms with Crippen LogP contribution in [0, 0.1) is 5.92 Å². The summed E-state index contributed by atoms with van der Waals surface area (Å²) in [6.45, 7) is 11.2. The van der Waals surface area contributed by atoms with E-state index in [1.165, 1.54) is 30.3 Å². The Morgan fingerprint density at radius 2 is 0.886 bits per heavy atom. The number of carbonyl (C=O) groups excluding carboxylic acids is 2. The molecule has 2 aliphatic heterocycles. The van der Waals surface area contributed by atoms with Crippen molar-refractivity contribution in [3.63, 3.8) is 0 Å². The van der Waals surface area contributed by atoms with Gasteiger partial charge in [0.1, 0.15) is 0 Å². The van der Waals surface area contributed by atoms with Crippen LogP contribution in [-0.4, -0.2) is 180 Å². The van der Waals surface area contributed by atoms with E-state index in [2.05, 4.69) is 81.6 Å². The lowest BCUT2D eigenvalue weighted by Crippen LogP contribution is -2.48. The van der Waals surface area contributed by atoms with Gasteiger partial charge in [0.05, 0.1) is 87.6 Å². The molecule has 11 aromatic rings. The molecule has 8 N–H and O–H groups in total. The van der Waals surface area contributed by atoms with Crippen molar-refractivity contribution in [2.45, 2.75) is 20.8 Å². The average molecular weight is 1260 g/mol. The van der Waals surface area contributed by atoms with Crippen LogP contribution in [0.5, 0.6) is 0 Å². The van der Waals surface area contributed by atoms with Gasteiger partial charge in [-0.2, -0.15) is 42.5 Å². The van der Waals surface area contributed by atoms with E-state index in [1.54, 1.807) is 61.9 Å². The summed E-state index contributed by atoms with van der Waals surface area (Å²) in [6.07, 6.45) is 9.84. The Kier molecular flexibility index (Phi) is 20.0. The number of H-pyrrole nitrogens is 5. The molecule has 88 heavy (non-hydrogen) atoms. The second-order valence-corrected chi connectivity index (χ2v) is 26.9. The standard InChI is InChI=1S/C14H11N3O.C13H16N4O.C12H16N4O2S.C11H15N3O2S.C9H12N4O2S/c18-14(10-5-2-1-3-6-10)16-12-7-4-8-13-11(12)9-15-17-13;1-10(18)16-5-7-17(8-6-16)13-4-2-3-12-11(13)9-14-15-12;1-19(17,18)16-7-5-15(6-8-16)12-4-2-3-11-10(12)9-13-14-11;1-8(2)7-17(15,16)14-11-5-3-4-10-9(11)6-12-13-10;1-13(2)16(14,15)12-9-5-3-4-8-7(9)6-10-11-8/h1-9H,(H,15,17)(H,16,18);2-4,9H,5-8H2,1H3,(H,14,15);2-4,9H,5-8H2,1H3,(H,13,14);3-6,8,14H,7H2,1-2H3,(H,12,13);3-6,12H,1-2H3,(H,10,11). The van der Waals surface area contributed by atoms with E-state index >= 15 is 0 Å². The summed E-state index contributed by atoms with van der Waals surface area (Å²) in [5.41, 5.74) is 9.35. The Bertz CT molecular complexity index is 4490. The van der Waals surface area contributed by atoms with Crippen molar-refractivity contribution in [3.8, 4) is 0 Å². The summed E-state index contributed by atoms with van der Waals surface area (Å²) in [5.74, 6) is 0.248. The minimum Gasteiger partial charge on any atom is -0.368 e. The molecule has 462 valence electrons. The molecule has 2 amide bonds. The van der Waals surface area contributed by atoms with E-state index in [0.717, 1.165) is 96.4 Å². The Balaban J connectivity index is 0.000000131. The molecule has 0 saturated carbocycles. The van der Waals surface area contributed by atoms with Gasteiger partial charge in [0.2, 0.25) is 26.0 Å². The summed E-state index contributed by atoms with van der Waals surface area (Å²) in [7, 11) is -6.91. The fraction of sp³-hybridized carbons (Fsp3) is 0.271. The summed E-state index contributed by atoms with van der Waals surface area (Å²) in [6, 6.07) is 37.6. The molecule has 13 rings (SSSR count). The van der Waals surface area contributed by atoms with Gasteiger partial charge < -0.3 is 20.0 Å². The van der Waals surface area contributed by atoms with Crippen LogP contribution in [-0.2, 0) is 35.1 Å². The first kappa shape index (κ1) is 63.1. The molecule has 29 heteroatoms. The van der Waals surface area contributed by atoms with Crippen molar-refractivity contribution in [2.75, 3.05) is 103 Å². The number of aromatic nitrogens is 10. The van der Waals surface area contributed by atoms with Crippen molar-refractivity contribution >= 4 is 125 Å². The Hall–Kier alpha value is -9.42. The number of nitrogens with zero attached hydrogens (tertiary/aromatic N) is 10. The summed E-state index contributed by atoms with van der Waals surface area (Å²) in [5, 5.41) is 41.8. The summed E-state index contributed by atoms with van der Waals surface area (Å²) < 4.78 is 77.7. The van der Waals surface area contributed by atoms with Gasteiger partial charge in [0, 0.05) is 117 Å². The number of benzene rings is 6. The largest absolute Gasteiger partial charge is 0.368 e. The second kappa shape index (κ2) is 28.0. The lowest BCUT2D eigenvalue weighted by atomic mass is 10.2. The Labute approximate surface area is 509 Å². The lowest BCUT2D eigenvalue weighted by molar-refractivity contribution is -0.129. The van der Waals surface area contributed by atoms with Crippen LogP contribution in [0.3, 0.4) is 0 Å². The predicted octanol–water partition coefficient (Wildman–Crippen LogP) is 7.43. The first-order chi connectivity index (χ1) is 42.1. The van der Waals surface area contributed by atoms with Crippen LogP contribution in [0.25, 0.3) is 54.5 Å². The van der Waals surface area contributed by atoms with Crippen LogP contribution in [0.15, 0.2) is 152 Å². The molecule has 26 nitrogen and oxygen atoms in total. The zero-order chi connectivity index (χ0) is 62.6. The number of rotatable bonds is 12. The van der Waals surface area contributed by atoms with Crippen LogP contribution in [0.4, 0.5) is 28.4 Å². The molecule has 2 fully saturated rings. The zero-order valence-corrected chi connectivity index (χ0v) is 51.8. The molecular weight excluding hydrogens is 1180 g/mol. The number of fused-ring (bicyclic) bond motifs is 5. The second-order valence-electron chi connectivity index (χ2n) is 21.3. The van der Waals surface area contributed by atoms with E-state index < -0.39 is 30.3 Å². The highest BCUT2D eigenvalue weighted by Gasteiger charge is 2.25. The van der Waals surface area contributed by atoms with Gasteiger partial charge in [-0.15, -0.1) is 0 Å². The van der Waals surface area contributed by atoms with E-state index in [0.29, 0.717) is 43.1 Å². The molecule has 0 aliphatic carbocycles. The SMILES string of the molecule is CC(=O)N1CCN(c2cccc3[nH]ncc23)CC1.CC(C)CS(=O)(=O)Nc1cccc2[nH]ncc12.CN(C)S(=O)(=O)Nc1cccc2[nH]ncc12.CS(=O)(=O)N1CCN(c2cccc3[nH]ncc23)CC1.O=C(Nc1cccc2[nH]ncc12)c1ccccc1. The topological polar surface area (TPSA) is 332 Å². The number of anilines is 5. The minimum atomic E-state index is -3.48. The van der Waals surface area contributed by atoms with Crippen molar-refractivity contribution in [1.82, 2.24) is 64.5 Å². The smallest absolute Gasteiger partial charge is 0.301 e. The van der Waals surface area contributed by atoms with Crippen LogP contribution in [0.2, 0.25) is 0 Å². The molecule has 0 atom stereocenters. The van der Waals surface area contributed by atoms with Crippen molar-refractivity contribution in [1.29, 1.82) is 0 Å². The van der Waals surface area contributed by atoms with Crippen molar-refractivity contribution < 1.29 is 34.8 Å². The maximum absolute atomic E-state index is 12.0. The number of carbonyl (C=O) groups is 2. The fourth-order valence-electron chi connectivity index (χ4n) is 9.83. The van der Waals surface area contributed by atoms with E-state index in [1.807, 2.05) is 110 Å². The van der Waals surface area contributed by atoms with E-state index in [-0.39, 0.29) is 23.5 Å². The number of hydrogen-bond acceptors (Lipinski definition) is 15. The van der Waals surface area contributed by atoms with Crippen molar-refractivity contribution in [2.24, 2.45) is 5.92 Å². The number of sulfonamides is 2. The molecule has 0 unspecified atom stereocenters. The quantitative estimate of drug-likeness (QED) is 0.0589. The maximum atomic E-state index is 12.0. The summed E-state index contributed by atoms with van der Waals surface area (Å²) >= 11 is 0. The van der Waals surface area contributed by atoms with Crippen LogP contribution in [0.1, 0.15) is 31.1 Å². The molecule has 0 spiro atoms. The minimum absolute atomic E-state index is 0.0936. The van der Waals surface area contributed by atoms with Gasteiger partial charge >= 0.3 is 10.2 Å². The third-order valence-corrected chi connectivity index (χ3v) is 18.7. The number of nitrogens with one attached hydrogen (secondary N) is 8. The number of aromatic amines is 5. The van der Waals surface area contributed by atoms with Gasteiger partial charge in [-0.3, -0.25) is 44.5 Å². The van der Waals surface area contributed by atoms with Gasteiger partial charge in [0.15, 0.2) is 0 Å². The van der Waals surface area contributed by atoms with Crippen LogP contribution >= 0.6 is 0 Å². The molecule has 0 radical (unpaired) electrons. The highest BCUT2D eigenvalue weighted by Crippen LogP contribution is 2.29.